The van der Waals surface area contributed by atoms with Crippen LogP contribution in [0.2, 0.25) is 0 Å². The number of rotatable bonds is 4. The average Bonchev–Trinajstić information content (AvgIpc) is 2.40. The third-order valence-electron chi connectivity index (χ3n) is 3.62. The van der Waals surface area contributed by atoms with Crippen molar-refractivity contribution in [2.75, 3.05) is 32.1 Å². The van der Waals surface area contributed by atoms with Crippen LogP contribution in [0.15, 0.2) is 18.3 Å². The second kappa shape index (κ2) is 9.20. The Kier molecular flexibility index (Phi) is 8.82. The minimum atomic E-state index is -0.439. The molecule has 2 rings (SSSR count). The maximum absolute atomic E-state index is 12.5. The van der Waals surface area contributed by atoms with Crippen molar-refractivity contribution >= 4 is 36.5 Å². The molecule has 1 saturated heterocycles. The highest BCUT2D eigenvalue weighted by Gasteiger charge is 2.39. The maximum atomic E-state index is 12.5. The van der Waals surface area contributed by atoms with Crippen LogP contribution in [0.4, 0.5) is 5.82 Å². The summed E-state index contributed by atoms with van der Waals surface area (Å²) in [6.45, 7) is 4.12. The van der Waals surface area contributed by atoms with Gasteiger partial charge in [0.1, 0.15) is 5.82 Å². The van der Waals surface area contributed by atoms with E-state index in [4.69, 9.17) is 4.74 Å². The van der Waals surface area contributed by atoms with E-state index in [0.717, 1.165) is 31.5 Å². The van der Waals surface area contributed by atoms with E-state index < -0.39 is 5.41 Å². The van der Waals surface area contributed by atoms with Gasteiger partial charge in [0, 0.05) is 13.3 Å². The number of methoxy groups -OCH3 is 1. The molecule has 2 heterocycles. The van der Waals surface area contributed by atoms with E-state index in [9.17, 15) is 4.79 Å². The lowest BCUT2D eigenvalue weighted by Gasteiger charge is -2.35. The molecule has 0 spiro atoms. The second-order valence-corrected chi connectivity index (χ2v) is 5.14. The highest BCUT2D eigenvalue weighted by molar-refractivity contribution is 5.94. The number of carbonyl (C=O) groups excluding carboxylic acids is 1. The standard InChI is InChI=1S/C14H21N3O2.2ClH/c1-11-3-6-16-12(9-11)17-13(18)14(10-19-2)4-7-15-8-5-14;;/h3,6,9,15H,4-5,7-8,10H2,1-2H3,(H,16,17,18);2*1H. The minimum Gasteiger partial charge on any atom is -0.384 e. The summed E-state index contributed by atoms with van der Waals surface area (Å²) in [5, 5.41) is 6.19. The van der Waals surface area contributed by atoms with Crippen LogP contribution in [0.25, 0.3) is 0 Å². The predicted molar refractivity (Wildman–Crippen MR) is 88.5 cm³/mol. The lowest BCUT2D eigenvalue weighted by molar-refractivity contribution is -0.130. The zero-order valence-corrected chi connectivity index (χ0v) is 14.0. The van der Waals surface area contributed by atoms with Crippen molar-refractivity contribution in [2.45, 2.75) is 19.8 Å². The zero-order chi connectivity index (χ0) is 13.7. The molecule has 1 aromatic rings. The zero-order valence-electron chi connectivity index (χ0n) is 12.3. The number of hydrogen-bond acceptors (Lipinski definition) is 4. The van der Waals surface area contributed by atoms with E-state index in [1.807, 2.05) is 19.1 Å². The van der Waals surface area contributed by atoms with Gasteiger partial charge in [0.05, 0.1) is 12.0 Å². The summed E-state index contributed by atoms with van der Waals surface area (Å²) >= 11 is 0. The number of halogens is 2. The Labute approximate surface area is 138 Å². The Hall–Kier alpha value is -0.880. The van der Waals surface area contributed by atoms with Gasteiger partial charge < -0.3 is 15.4 Å². The molecule has 0 aliphatic carbocycles. The van der Waals surface area contributed by atoms with E-state index >= 15 is 0 Å². The normalized spacial score (nSPS) is 16.3. The predicted octanol–water partition coefficient (Wildman–Crippen LogP) is 2.19. The van der Waals surface area contributed by atoms with Crippen LogP contribution in [-0.2, 0) is 9.53 Å². The molecule has 1 amide bonds. The molecule has 1 aliphatic rings. The van der Waals surface area contributed by atoms with Gasteiger partial charge in [-0.25, -0.2) is 4.98 Å². The van der Waals surface area contributed by atoms with Crippen molar-refractivity contribution in [1.29, 1.82) is 0 Å². The first-order valence-electron chi connectivity index (χ1n) is 6.60. The number of amides is 1. The number of ether oxygens (including phenoxy) is 1. The molecule has 1 fully saturated rings. The summed E-state index contributed by atoms with van der Waals surface area (Å²) in [4.78, 5) is 16.7. The van der Waals surface area contributed by atoms with E-state index in [1.54, 1.807) is 13.3 Å². The topological polar surface area (TPSA) is 63.2 Å². The first-order valence-corrected chi connectivity index (χ1v) is 6.60. The van der Waals surface area contributed by atoms with Crippen LogP contribution in [0.5, 0.6) is 0 Å². The van der Waals surface area contributed by atoms with Crippen LogP contribution >= 0.6 is 24.8 Å². The van der Waals surface area contributed by atoms with Gasteiger partial charge in [0.25, 0.3) is 0 Å². The van der Waals surface area contributed by atoms with E-state index in [0.29, 0.717) is 12.4 Å². The third kappa shape index (κ3) is 5.11. The first-order chi connectivity index (χ1) is 9.16. The highest BCUT2D eigenvalue weighted by Crippen LogP contribution is 2.30. The molecule has 5 nitrogen and oxygen atoms in total. The van der Waals surface area contributed by atoms with Crippen molar-refractivity contribution in [3.8, 4) is 0 Å². The van der Waals surface area contributed by atoms with Gasteiger partial charge in [-0.3, -0.25) is 4.79 Å². The quantitative estimate of drug-likeness (QED) is 0.885. The summed E-state index contributed by atoms with van der Waals surface area (Å²) in [5.74, 6) is 0.618. The Morgan fingerprint density at radius 2 is 2.10 bits per heavy atom. The van der Waals surface area contributed by atoms with Crippen LogP contribution in [0, 0.1) is 12.3 Å². The van der Waals surface area contributed by atoms with Crippen molar-refractivity contribution in [3.63, 3.8) is 0 Å². The van der Waals surface area contributed by atoms with Gasteiger partial charge in [-0.15, -0.1) is 24.8 Å². The lowest BCUT2D eigenvalue weighted by Crippen LogP contribution is -2.47. The summed E-state index contributed by atoms with van der Waals surface area (Å²) in [6, 6.07) is 3.78. The number of nitrogens with zero attached hydrogens (tertiary/aromatic N) is 1. The van der Waals surface area contributed by atoms with Gasteiger partial charge in [-0.2, -0.15) is 0 Å². The highest BCUT2D eigenvalue weighted by atomic mass is 35.5. The molecule has 120 valence electrons. The SMILES string of the molecule is COCC1(C(=O)Nc2cc(C)ccn2)CCNCC1.Cl.Cl. The van der Waals surface area contributed by atoms with Crippen LogP contribution in [0.3, 0.4) is 0 Å². The largest absolute Gasteiger partial charge is 0.384 e. The Balaban J connectivity index is 0.00000200. The summed E-state index contributed by atoms with van der Waals surface area (Å²) < 4.78 is 5.26. The molecule has 0 bridgehead atoms. The van der Waals surface area contributed by atoms with Gasteiger partial charge in [-0.05, 0) is 50.6 Å². The summed E-state index contributed by atoms with van der Waals surface area (Å²) in [5.41, 5.74) is 0.641. The second-order valence-electron chi connectivity index (χ2n) is 5.14. The number of carbonyl (C=O) groups is 1. The molecule has 7 heteroatoms. The maximum Gasteiger partial charge on any atom is 0.234 e. The fraction of sp³-hybridized carbons (Fsp3) is 0.571. The Bertz CT molecular complexity index is 446. The number of aromatic nitrogens is 1. The van der Waals surface area contributed by atoms with Crippen molar-refractivity contribution in [2.24, 2.45) is 5.41 Å². The molecular formula is C14H23Cl2N3O2. The number of anilines is 1. The molecule has 0 radical (unpaired) electrons. The van der Waals surface area contributed by atoms with E-state index in [1.165, 1.54) is 0 Å². The number of pyridine rings is 1. The van der Waals surface area contributed by atoms with Gasteiger partial charge >= 0.3 is 0 Å². The molecule has 1 aromatic heterocycles. The minimum absolute atomic E-state index is 0. The van der Waals surface area contributed by atoms with Gasteiger partial charge in [-0.1, -0.05) is 0 Å². The number of aryl methyl sites for hydroxylation is 1. The summed E-state index contributed by atoms with van der Waals surface area (Å²) in [7, 11) is 1.64. The van der Waals surface area contributed by atoms with Gasteiger partial charge in [0.2, 0.25) is 5.91 Å². The van der Waals surface area contributed by atoms with E-state index in [-0.39, 0.29) is 30.7 Å². The molecule has 0 atom stereocenters. The molecule has 2 N–H and O–H groups in total. The summed E-state index contributed by atoms with van der Waals surface area (Å²) in [6.07, 6.45) is 3.29. The molecule has 21 heavy (non-hydrogen) atoms. The number of nitrogens with one attached hydrogen (secondary N) is 2. The fourth-order valence-electron chi connectivity index (χ4n) is 2.47. The third-order valence-corrected chi connectivity index (χ3v) is 3.62. The van der Waals surface area contributed by atoms with Crippen LogP contribution in [0.1, 0.15) is 18.4 Å². The van der Waals surface area contributed by atoms with Crippen molar-refractivity contribution < 1.29 is 9.53 Å². The molecule has 0 aromatic carbocycles. The molecule has 0 unspecified atom stereocenters. The Morgan fingerprint density at radius 3 is 2.67 bits per heavy atom. The number of hydrogen-bond donors (Lipinski definition) is 2. The first kappa shape index (κ1) is 20.1. The Morgan fingerprint density at radius 1 is 1.43 bits per heavy atom. The van der Waals surface area contributed by atoms with Crippen molar-refractivity contribution in [3.05, 3.63) is 23.9 Å². The molecule has 0 saturated carbocycles. The molecular weight excluding hydrogens is 313 g/mol. The van der Waals surface area contributed by atoms with E-state index in [2.05, 4.69) is 15.6 Å². The van der Waals surface area contributed by atoms with Gasteiger partial charge in [0.15, 0.2) is 0 Å². The van der Waals surface area contributed by atoms with Crippen LogP contribution in [-0.4, -0.2) is 37.7 Å². The lowest BCUT2D eigenvalue weighted by atomic mass is 9.78. The van der Waals surface area contributed by atoms with Crippen molar-refractivity contribution in [1.82, 2.24) is 10.3 Å². The monoisotopic (exact) mass is 335 g/mol. The average molecular weight is 336 g/mol. The fourth-order valence-corrected chi connectivity index (χ4v) is 2.47. The smallest absolute Gasteiger partial charge is 0.234 e. The van der Waals surface area contributed by atoms with Crippen LogP contribution < -0.4 is 10.6 Å². The number of piperidine rings is 1. The molecule has 1 aliphatic heterocycles.